The Morgan fingerprint density at radius 3 is 2.52 bits per heavy atom. The Bertz CT molecular complexity index is 1100. The van der Waals surface area contributed by atoms with Crippen molar-refractivity contribution in [2.24, 2.45) is 0 Å². The smallest absolute Gasteiger partial charge is 0.251 e. The van der Waals surface area contributed by atoms with E-state index < -0.39 is 0 Å². The largest absolute Gasteiger partial charge is 0.493 e. The summed E-state index contributed by atoms with van der Waals surface area (Å²) in [6.07, 6.45) is 3.12. The fourth-order valence-electron chi connectivity index (χ4n) is 4.02. The SMILES string of the molecule is COc1cccc(-c2coc(C3CCN(C(=O)CNC(=O)c4ccccc4)CC3)n2)c1OC. The summed E-state index contributed by atoms with van der Waals surface area (Å²) in [6.45, 7) is 1.16. The highest BCUT2D eigenvalue weighted by atomic mass is 16.5. The molecule has 1 aliphatic rings. The molecule has 2 heterocycles. The number of benzene rings is 2. The number of carbonyl (C=O) groups is 2. The lowest BCUT2D eigenvalue weighted by Gasteiger charge is -2.30. The number of methoxy groups -OCH3 is 2. The van der Waals surface area contributed by atoms with Crippen molar-refractivity contribution in [3.63, 3.8) is 0 Å². The third kappa shape index (κ3) is 5.00. The Morgan fingerprint density at radius 1 is 1.06 bits per heavy atom. The second kappa shape index (κ2) is 10.2. The summed E-state index contributed by atoms with van der Waals surface area (Å²) >= 11 is 0. The zero-order chi connectivity index (χ0) is 23.2. The molecule has 3 aromatic rings. The summed E-state index contributed by atoms with van der Waals surface area (Å²) in [5.41, 5.74) is 2.02. The molecule has 0 bridgehead atoms. The van der Waals surface area contributed by atoms with Crippen LogP contribution in [0, 0.1) is 0 Å². The van der Waals surface area contributed by atoms with Crippen molar-refractivity contribution in [3.8, 4) is 22.8 Å². The number of likely N-dealkylation sites (tertiary alicyclic amines) is 1. The van der Waals surface area contributed by atoms with Crippen molar-refractivity contribution < 1.29 is 23.5 Å². The lowest BCUT2D eigenvalue weighted by Crippen LogP contribution is -2.43. The molecule has 172 valence electrons. The maximum atomic E-state index is 12.5. The van der Waals surface area contributed by atoms with E-state index in [2.05, 4.69) is 10.3 Å². The van der Waals surface area contributed by atoms with E-state index in [1.165, 1.54) is 0 Å². The van der Waals surface area contributed by atoms with Crippen LogP contribution in [0.1, 0.15) is 35.0 Å². The van der Waals surface area contributed by atoms with Crippen LogP contribution < -0.4 is 14.8 Å². The van der Waals surface area contributed by atoms with Crippen LogP contribution in [0.15, 0.2) is 59.2 Å². The quantitative estimate of drug-likeness (QED) is 0.593. The first-order valence-corrected chi connectivity index (χ1v) is 10.9. The third-order valence-electron chi connectivity index (χ3n) is 5.83. The fourth-order valence-corrected chi connectivity index (χ4v) is 4.02. The topological polar surface area (TPSA) is 93.9 Å². The van der Waals surface area contributed by atoms with Gasteiger partial charge in [0, 0.05) is 30.1 Å². The fraction of sp³-hybridized carbons (Fsp3) is 0.320. The van der Waals surface area contributed by atoms with E-state index in [0.29, 0.717) is 41.7 Å². The van der Waals surface area contributed by atoms with E-state index in [1.807, 2.05) is 24.3 Å². The lowest BCUT2D eigenvalue weighted by molar-refractivity contribution is -0.131. The summed E-state index contributed by atoms with van der Waals surface area (Å²) in [5, 5.41) is 2.70. The number of nitrogens with one attached hydrogen (secondary N) is 1. The van der Waals surface area contributed by atoms with Crippen LogP contribution in [-0.2, 0) is 4.79 Å². The zero-order valence-electron chi connectivity index (χ0n) is 18.7. The number of rotatable bonds is 7. The number of amides is 2. The number of aromatic nitrogens is 1. The first-order valence-electron chi connectivity index (χ1n) is 10.9. The summed E-state index contributed by atoms with van der Waals surface area (Å²) < 4.78 is 16.7. The molecule has 8 nitrogen and oxygen atoms in total. The van der Waals surface area contributed by atoms with Gasteiger partial charge in [0.1, 0.15) is 12.0 Å². The van der Waals surface area contributed by atoms with Gasteiger partial charge in [-0.15, -0.1) is 0 Å². The van der Waals surface area contributed by atoms with Crippen molar-refractivity contribution >= 4 is 11.8 Å². The summed E-state index contributed by atoms with van der Waals surface area (Å²) in [7, 11) is 3.19. The minimum absolute atomic E-state index is 0.0167. The molecule has 0 atom stereocenters. The summed E-state index contributed by atoms with van der Waals surface area (Å²) in [6, 6.07) is 14.5. The van der Waals surface area contributed by atoms with Crippen molar-refractivity contribution in [2.45, 2.75) is 18.8 Å². The van der Waals surface area contributed by atoms with Crippen LogP contribution in [-0.4, -0.2) is 55.6 Å². The van der Waals surface area contributed by atoms with E-state index in [0.717, 1.165) is 18.4 Å². The average molecular weight is 450 g/mol. The van der Waals surface area contributed by atoms with E-state index in [1.54, 1.807) is 49.6 Å². The number of ether oxygens (including phenoxy) is 2. The van der Waals surface area contributed by atoms with E-state index >= 15 is 0 Å². The van der Waals surface area contributed by atoms with Crippen LogP contribution in [0.25, 0.3) is 11.3 Å². The van der Waals surface area contributed by atoms with Gasteiger partial charge in [-0.05, 0) is 37.1 Å². The van der Waals surface area contributed by atoms with Crippen LogP contribution >= 0.6 is 0 Å². The Labute approximate surface area is 192 Å². The normalized spacial score (nSPS) is 14.1. The number of nitrogens with zero attached hydrogens (tertiary/aromatic N) is 2. The predicted molar refractivity (Wildman–Crippen MR) is 122 cm³/mol. The van der Waals surface area contributed by atoms with Crippen LogP contribution in [0.3, 0.4) is 0 Å². The van der Waals surface area contributed by atoms with Crippen molar-refractivity contribution in [1.29, 1.82) is 0 Å². The number of para-hydroxylation sites is 1. The van der Waals surface area contributed by atoms with Gasteiger partial charge >= 0.3 is 0 Å². The highest BCUT2D eigenvalue weighted by molar-refractivity contribution is 5.96. The molecular weight excluding hydrogens is 422 g/mol. The predicted octanol–water partition coefficient (Wildman–Crippen LogP) is 3.49. The number of carbonyl (C=O) groups excluding carboxylic acids is 2. The van der Waals surface area contributed by atoms with Gasteiger partial charge < -0.3 is 24.1 Å². The molecule has 0 unspecified atom stereocenters. The van der Waals surface area contributed by atoms with Gasteiger partial charge in [-0.25, -0.2) is 4.98 Å². The summed E-state index contributed by atoms with van der Waals surface area (Å²) in [5.74, 6) is 1.67. The number of hydrogen-bond donors (Lipinski definition) is 1. The van der Waals surface area contributed by atoms with Crippen LogP contribution in [0.5, 0.6) is 11.5 Å². The minimum Gasteiger partial charge on any atom is -0.493 e. The molecule has 2 amide bonds. The molecule has 1 saturated heterocycles. The Balaban J connectivity index is 1.33. The Morgan fingerprint density at radius 2 is 1.82 bits per heavy atom. The number of oxazole rings is 1. The third-order valence-corrected chi connectivity index (χ3v) is 5.83. The highest BCUT2D eigenvalue weighted by Gasteiger charge is 2.27. The van der Waals surface area contributed by atoms with Crippen molar-refractivity contribution in [2.75, 3.05) is 33.9 Å². The molecular formula is C25H27N3O5. The maximum Gasteiger partial charge on any atom is 0.251 e. The minimum atomic E-state index is -0.251. The average Bonchev–Trinajstić information content (AvgIpc) is 3.37. The van der Waals surface area contributed by atoms with Crippen LogP contribution in [0.4, 0.5) is 0 Å². The van der Waals surface area contributed by atoms with Crippen molar-refractivity contribution in [3.05, 3.63) is 66.2 Å². The highest BCUT2D eigenvalue weighted by Crippen LogP contribution is 2.38. The zero-order valence-corrected chi connectivity index (χ0v) is 18.7. The molecule has 33 heavy (non-hydrogen) atoms. The first-order chi connectivity index (χ1) is 16.1. The Kier molecular flexibility index (Phi) is 6.92. The van der Waals surface area contributed by atoms with Gasteiger partial charge in [0.15, 0.2) is 17.4 Å². The standard InChI is InChI=1S/C25H27N3O5/c1-31-21-10-6-9-19(23(21)32-2)20-16-33-25(27-20)18-11-13-28(14-12-18)22(29)15-26-24(30)17-7-4-3-5-8-17/h3-10,16,18H,11-15H2,1-2H3,(H,26,30). The second-order valence-corrected chi connectivity index (χ2v) is 7.82. The van der Waals surface area contributed by atoms with E-state index in [-0.39, 0.29) is 24.3 Å². The molecule has 1 fully saturated rings. The maximum absolute atomic E-state index is 12.5. The molecule has 0 saturated carbocycles. The van der Waals surface area contributed by atoms with Gasteiger partial charge in [-0.2, -0.15) is 0 Å². The molecule has 1 N–H and O–H groups in total. The molecule has 0 radical (unpaired) electrons. The molecule has 2 aromatic carbocycles. The molecule has 1 aliphatic heterocycles. The van der Waals surface area contributed by atoms with Gasteiger partial charge in [-0.1, -0.05) is 24.3 Å². The Hall–Kier alpha value is -3.81. The van der Waals surface area contributed by atoms with Gasteiger partial charge in [0.25, 0.3) is 5.91 Å². The monoisotopic (exact) mass is 449 g/mol. The molecule has 0 spiro atoms. The van der Waals surface area contributed by atoms with Crippen LogP contribution in [0.2, 0.25) is 0 Å². The lowest BCUT2D eigenvalue weighted by atomic mass is 9.96. The summed E-state index contributed by atoms with van der Waals surface area (Å²) in [4.78, 5) is 31.2. The van der Waals surface area contributed by atoms with E-state index in [4.69, 9.17) is 13.9 Å². The molecule has 1 aromatic heterocycles. The number of piperidine rings is 1. The van der Waals surface area contributed by atoms with Gasteiger partial charge in [0.05, 0.1) is 20.8 Å². The second-order valence-electron chi connectivity index (χ2n) is 7.82. The van der Waals surface area contributed by atoms with Gasteiger partial charge in [-0.3, -0.25) is 9.59 Å². The number of hydrogen-bond acceptors (Lipinski definition) is 6. The molecule has 0 aliphatic carbocycles. The van der Waals surface area contributed by atoms with Gasteiger partial charge in [0.2, 0.25) is 5.91 Å². The molecule has 4 rings (SSSR count). The van der Waals surface area contributed by atoms with E-state index in [9.17, 15) is 9.59 Å². The molecule has 8 heteroatoms. The first kappa shape index (κ1) is 22.4. The van der Waals surface area contributed by atoms with Crippen molar-refractivity contribution in [1.82, 2.24) is 15.2 Å².